The molecule has 0 bridgehead atoms. The third-order valence-electron chi connectivity index (χ3n) is 4.49. The second kappa shape index (κ2) is 8.95. The smallest absolute Gasteiger partial charge is 0.387 e. The number of nitrogens with zero attached hydrogens (tertiary/aromatic N) is 4. The zero-order valence-corrected chi connectivity index (χ0v) is 15.8. The Morgan fingerprint density at radius 3 is 2.67 bits per heavy atom. The van der Waals surface area contributed by atoms with Crippen LogP contribution in [0.25, 0.3) is 11.1 Å². The van der Waals surface area contributed by atoms with Gasteiger partial charge in [0.2, 0.25) is 0 Å². The van der Waals surface area contributed by atoms with Gasteiger partial charge < -0.3 is 19.7 Å². The first-order valence-electron chi connectivity index (χ1n) is 9.22. The van der Waals surface area contributed by atoms with Crippen molar-refractivity contribution in [3.05, 3.63) is 54.6 Å². The Balaban J connectivity index is 1.52. The fourth-order valence-electron chi connectivity index (χ4n) is 3.07. The molecular formula is C20H18F3N5O2. The van der Waals surface area contributed by atoms with Crippen molar-refractivity contribution in [3.63, 3.8) is 0 Å². The van der Waals surface area contributed by atoms with Gasteiger partial charge in [0.1, 0.15) is 5.82 Å². The lowest BCUT2D eigenvalue weighted by molar-refractivity contribution is -0.0521. The number of alkyl halides is 2. The minimum absolute atomic E-state index is 0.444. The van der Waals surface area contributed by atoms with E-state index < -0.39 is 18.2 Å². The number of pyridine rings is 1. The lowest BCUT2D eigenvalue weighted by atomic mass is 10.1. The van der Waals surface area contributed by atoms with Gasteiger partial charge in [-0.1, -0.05) is 6.07 Å². The standard InChI is InChI=1S/C20H18F3N5O2/c21-16-9-13(1-2-17(16)30-20(22)23)14-10-18(27-25-12-14)26-15-3-4-24-19(11-15)28-5-7-29-8-6-28/h1-4,9-12,20H,5-8H2,(H,24,26,27). The maximum Gasteiger partial charge on any atom is 0.387 e. The topological polar surface area (TPSA) is 72.4 Å². The molecule has 3 aromatic rings. The third kappa shape index (κ3) is 4.77. The number of hydrogen-bond acceptors (Lipinski definition) is 7. The molecule has 30 heavy (non-hydrogen) atoms. The predicted octanol–water partition coefficient (Wildman–Crippen LogP) is 3.86. The molecule has 1 aromatic carbocycles. The van der Waals surface area contributed by atoms with Gasteiger partial charge in [0.05, 0.1) is 19.4 Å². The number of benzene rings is 1. The SMILES string of the molecule is Fc1cc(-c2cnnc(Nc3ccnc(N4CCOCC4)c3)c2)ccc1OC(F)F. The van der Waals surface area contributed by atoms with Crippen molar-refractivity contribution in [1.82, 2.24) is 15.2 Å². The van der Waals surface area contributed by atoms with Crippen molar-refractivity contribution in [2.75, 3.05) is 36.5 Å². The minimum atomic E-state index is -3.09. The second-order valence-corrected chi connectivity index (χ2v) is 6.48. The molecule has 0 spiro atoms. The molecule has 156 valence electrons. The molecule has 1 N–H and O–H groups in total. The summed E-state index contributed by atoms with van der Waals surface area (Å²) in [6, 6.07) is 9.13. The van der Waals surface area contributed by atoms with E-state index in [0.29, 0.717) is 30.2 Å². The number of rotatable bonds is 6. The van der Waals surface area contributed by atoms with Crippen molar-refractivity contribution < 1.29 is 22.6 Å². The summed E-state index contributed by atoms with van der Waals surface area (Å²) < 4.78 is 48.1. The first kappa shape index (κ1) is 19.9. The molecule has 4 rings (SSSR count). The molecule has 3 heterocycles. The molecule has 10 heteroatoms. The normalized spacial score (nSPS) is 14.1. The van der Waals surface area contributed by atoms with Gasteiger partial charge in [-0.15, -0.1) is 5.10 Å². The summed E-state index contributed by atoms with van der Waals surface area (Å²) >= 11 is 0. The number of anilines is 3. The van der Waals surface area contributed by atoms with Crippen molar-refractivity contribution in [1.29, 1.82) is 0 Å². The maximum absolute atomic E-state index is 14.0. The molecule has 0 atom stereocenters. The molecule has 1 aliphatic rings. The zero-order chi connectivity index (χ0) is 20.9. The van der Waals surface area contributed by atoms with Crippen LogP contribution in [0, 0.1) is 5.82 Å². The summed E-state index contributed by atoms with van der Waals surface area (Å²) in [7, 11) is 0. The van der Waals surface area contributed by atoms with Gasteiger partial charge in [0, 0.05) is 36.6 Å². The van der Waals surface area contributed by atoms with Gasteiger partial charge in [0.15, 0.2) is 17.4 Å². The van der Waals surface area contributed by atoms with Crippen molar-refractivity contribution >= 4 is 17.3 Å². The van der Waals surface area contributed by atoms with Crippen LogP contribution in [0.2, 0.25) is 0 Å². The van der Waals surface area contributed by atoms with Crippen LogP contribution < -0.4 is 15.0 Å². The van der Waals surface area contributed by atoms with E-state index in [0.717, 1.165) is 36.7 Å². The fraction of sp³-hybridized carbons (Fsp3) is 0.250. The first-order valence-corrected chi connectivity index (χ1v) is 9.22. The summed E-state index contributed by atoms with van der Waals surface area (Å²) in [6.45, 7) is -0.244. The van der Waals surface area contributed by atoms with Crippen LogP contribution in [0.5, 0.6) is 5.75 Å². The highest BCUT2D eigenvalue weighted by Gasteiger charge is 2.14. The van der Waals surface area contributed by atoms with Gasteiger partial charge in [-0.2, -0.15) is 13.9 Å². The average molecular weight is 417 g/mol. The fourth-order valence-corrected chi connectivity index (χ4v) is 3.07. The van der Waals surface area contributed by atoms with Gasteiger partial charge >= 0.3 is 6.61 Å². The van der Waals surface area contributed by atoms with E-state index in [4.69, 9.17) is 4.74 Å². The Morgan fingerprint density at radius 2 is 1.90 bits per heavy atom. The van der Waals surface area contributed by atoms with E-state index >= 15 is 0 Å². The molecule has 1 aliphatic heterocycles. The zero-order valence-electron chi connectivity index (χ0n) is 15.8. The molecule has 1 saturated heterocycles. The van der Waals surface area contributed by atoms with Gasteiger partial charge in [0.25, 0.3) is 0 Å². The van der Waals surface area contributed by atoms with Crippen LogP contribution in [-0.4, -0.2) is 48.1 Å². The van der Waals surface area contributed by atoms with Crippen LogP contribution in [0.1, 0.15) is 0 Å². The predicted molar refractivity (Wildman–Crippen MR) is 105 cm³/mol. The van der Waals surface area contributed by atoms with Crippen molar-refractivity contribution in [3.8, 4) is 16.9 Å². The summed E-state index contributed by atoms with van der Waals surface area (Å²) in [6.07, 6.45) is 3.15. The summed E-state index contributed by atoms with van der Waals surface area (Å²) in [5, 5.41) is 11.1. The molecule has 0 aliphatic carbocycles. The van der Waals surface area contributed by atoms with Crippen molar-refractivity contribution in [2.24, 2.45) is 0 Å². The van der Waals surface area contributed by atoms with E-state index in [-0.39, 0.29) is 0 Å². The molecule has 2 aromatic heterocycles. The van der Waals surface area contributed by atoms with E-state index in [2.05, 4.69) is 30.1 Å². The third-order valence-corrected chi connectivity index (χ3v) is 4.49. The van der Waals surface area contributed by atoms with Crippen molar-refractivity contribution in [2.45, 2.75) is 6.61 Å². The van der Waals surface area contributed by atoms with Crippen LogP contribution in [0.15, 0.2) is 48.8 Å². The number of halogens is 3. The van der Waals surface area contributed by atoms with Crippen LogP contribution >= 0.6 is 0 Å². The number of nitrogens with one attached hydrogen (secondary N) is 1. The Hall–Kier alpha value is -3.40. The Kier molecular flexibility index (Phi) is 5.94. The molecule has 7 nitrogen and oxygen atoms in total. The van der Waals surface area contributed by atoms with Gasteiger partial charge in [-0.25, -0.2) is 9.37 Å². The summed E-state index contributed by atoms with van der Waals surface area (Å²) in [4.78, 5) is 6.52. The Bertz CT molecular complexity index is 1020. The first-order chi connectivity index (χ1) is 14.6. The molecule has 0 radical (unpaired) electrons. The van der Waals surface area contributed by atoms with Gasteiger partial charge in [-0.05, 0) is 29.8 Å². The van der Waals surface area contributed by atoms with Crippen LogP contribution in [0.3, 0.4) is 0 Å². The molecular weight excluding hydrogens is 399 g/mol. The minimum Gasteiger partial charge on any atom is -0.432 e. The monoisotopic (exact) mass is 417 g/mol. The molecule has 0 saturated carbocycles. The van der Waals surface area contributed by atoms with E-state index in [9.17, 15) is 13.2 Å². The van der Waals surface area contributed by atoms with Crippen LogP contribution in [-0.2, 0) is 4.74 Å². The number of aromatic nitrogens is 3. The number of hydrogen-bond donors (Lipinski definition) is 1. The average Bonchev–Trinajstić information content (AvgIpc) is 2.76. The Labute approximate surface area is 170 Å². The number of ether oxygens (including phenoxy) is 2. The van der Waals surface area contributed by atoms with E-state index in [1.165, 1.54) is 12.3 Å². The summed E-state index contributed by atoms with van der Waals surface area (Å²) in [5.41, 5.74) is 1.79. The number of morpholine rings is 1. The molecule has 1 fully saturated rings. The molecule has 0 unspecified atom stereocenters. The van der Waals surface area contributed by atoms with E-state index in [1.54, 1.807) is 18.3 Å². The highest BCUT2D eigenvalue weighted by atomic mass is 19.3. The largest absolute Gasteiger partial charge is 0.432 e. The van der Waals surface area contributed by atoms with Crippen LogP contribution in [0.4, 0.5) is 30.5 Å². The molecule has 0 amide bonds. The lowest BCUT2D eigenvalue weighted by Gasteiger charge is -2.28. The highest BCUT2D eigenvalue weighted by Crippen LogP contribution is 2.28. The second-order valence-electron chi connectivity index (χ2n) is 6.48. The highest BCUT2D eigenvalue weighted by molar-refractivity contribution is 5.69. The maximum atomic E-state index is 14.0. The Morgan fingerprint density at radius 1 is 1.07 bits per heavy atom. The van der Waals surface area contributed by atoms with E-state index in [1.807, 2.05) is 6.07 Å². The summed E-state index contributed by atoms with van der Waals surface area (Å²) in [5.74, 6) is -0.131. The lowest BCUT2D eigenvalue weighted by Crippen LogP contribution is -2.36. The van der Waals surface area contributed by atoms with Gasteiger partial charge in [-0.3, -0.25) is 0 Å². The quantitative estimate of drug-likeness (QED) is 0.653.